The van der Waals surface area contributed by atoms with Crippen LogP contribution in [0.15, 0.2) is 36.8 Å². The van der Waals surface area contributed by atoms with Crippen molar-refractivity contribution in [3.05, 3.63) is 48.0 Å². The largest absolute Gasteiger partial charge is 0.306 e. The van der Waals surface area contributed by atoms with Gasteiger partial charge in [-0.05, 0) is 31.0 Å². The third kappa shape index (κ3) is 3.80. The van der Waals surface area contributed by atoms with E-state index >= 15 is 0 Å². The summed E-state index contributed by atoms with van der Waals surface area (Å²) in [5.74, 6) is 0.146. The highest BCUT2D eigenvalue weighted by Gasteiger charge is 2.09. The highest BCUT2D eigenvalue weighted by Crippen LogP contribution is 2.13. The number of hydrogen-bond donors (Lipinski definition) is 0. The maximum absolute atomic E-state index is 12.0. The Morgan fingerprint density at radius 2 is 2.10 bits per heavy atom. The van der Waals surface area contributed by atoms with Gasteiger partial charge in [0.2, 0.25) is 0 Å². The lowest BCUT2D eigenvalue weighted by atomic mass is 10.1. The van der Waals surface area contributed by atoms with Crippen LogP contribution in [0.4, 0.5) is 0 Å². The van der Waals surface area contributed by atoms with E-state index in [0.29, 0.717) is 12.1 Å². The lowest BCUT2D eigenvalue weighted by Crippen LogP contribution is -1.99. The van der Waals surface area contributed by atoms with Gasteiger partial charge in [0.25, 0.3) is 0 Å². The van der Waals surface area contributed by atoms with Gasteiger partial charge in [0.15, 0.2) is 5.78 Å². The van der Waals surface area contributed by atoms with Crippen molar-refractivity contribution in [1.82, 2.24) is 9.55 Å². The first kappa shape index (κ1) is 14.5. The van der Waals surface area contributed by atoms with Gasteiger partial charge in [-0.25, -0.2) is 4.98 Å². The second-order valence-corrected chi connectivity index (χ2v) is 5.24. The molecule has 106 valence electrons. The molecule has 0 bridgehead atoms. The van der Waals surface area contributed by atoms with Crippen LogP contribution in [0, 0.1) is 6.92 Å². The summed E-state index contributed by atoms with van der Waals surface area (Å²) in [6.07, 6.45) is 8.63. The lowest BCUT2D eigenvalue weighted by Gasteiger charge is -2.02. The number of imidazole rings is 1. The molecule has 3 heteroatoms. The Kier molecular flexibility index (Phi) is 5.10. The summed E-state index contributed by atoms with van der Waals surface area (Å²) in [6.45, 7) is 4.23. The molecular formula is C17H22N2O. The Labute approximate surface area is 120 Å². The molecule has 0 saturated heterocycles. The van der Waals surface area contributed by atoms with Crippen LogP contribution in [0.25, 0.3) is 5.69 Å². The first-order chi connectivity index (χ1) is 9.70. The van der Waals surface area contributed by atoms with Crippen LogP contribution < -0.4 is 0 Å². The number of Topliss-reactive ketones (excluding diaryl/α,β-unsaturated/α-hetero) is 1. The first-order valence-electron chi connectivity index (χ1n) is 7.35. The fourth-order valence-electron chi connectivity index (χ4n) is 2.24. The summed E-state index contributed by atoms with van der Waals surface area (Å²) in [4.78, 5) is 16.3. The van der Waals surface area contributed by atoms with Crippen molar-refractivity contribution in [1.29, 1.82) is 0 Å². The molecule has 1 aromatic heterocycles. The highest BCUT2D eigenvalue weighted by atomic mass is 16.1. The van der Waals surface area contributed by atoms with E-state index in [4.69, 9.17) is 0 Å². The van der Waals surface area contributed by atoms with Crippen molar-refractivity contribution in [3.8, 4) is 5.69 Å². The van der Waals surface area contributed by atoms with E-state index in [-0.39, 0.29) is 5.78 Å². The number of nitrogens with zero attached hydrogens (tertiary/aromatic N) is 2. The monoisotopic (exact) mass is 270 g/mol. The molecule has 0 amide bonds. The number of benzene rings is 1. The molecule has 2 rings (SSSR count). The average molecular weight is 270 g/mol. The maximum Gasteiger partial charge on any atom is 0.182 e. The van der Waals surface area contributed by atoms with Crippen LogP contribution >= 0.6 is 0 Å². The minimum Gasteiger partial charge on any atom is -0.306 e. The number of carbonyl (C=O) groups is 1. The van der Waals surface area contributed by atoms with Gasteiger partial charge in [0.05, 0.1) is 0 Å². The Morgan fingerprint density at radius 3 is 2.85 bits per heavy atom. The number of aromatic nitrogens is 2. The Hall–Kier alpha value is -1.90. The maximum atomic E-state index is 12.0. The molecule has 0 fully saturated rings. The van der Waals surface area contributed by atoms with E-state index < -0.39 is 0 Å². The topological polar surface area (TPSA) is 34.9 Å². The predicted molar refractivity (Wildman–Crippen MR) is 81.4 cm³/mol. The summed E-state index contributed by atoms with van der Waals surface area (Å²) in [6, 6.07) is 8.17. The van der Waals surface area contributed by atoms with Gasteiger partial charge in [-0.15, -0.1) is 0 Å². The van der Waals surface area contributed by atoms with Gasteiger partial charge < -0.3 is 4.57 Å². The molecule has 2 aromatic rings. The fraction of sp³-hybridized carbons (Fsp3) is 0.412. The Morgan fingerprint density at radius 1 is 1.25 bits per heavy atom. The standard InChI is InChI=1S/C17H22N2O/c1-3-4-5-6-10-17(20)16-12-19(13-18-16)15-9-7-8-14(2)11-15/h7-9,11-13H,3-6,10H2,1-2H3. The van der Waals surface area contributed by atoms with E-state index in [2.05, 4.69) is 31.0 Å². The van der Waals surface area contributed by atoms with Crippen LogP contribution in [0.5, 0.6) is 0 Å². The molecule has 0 aliphatic heterocycles. The molecule has 0 aliphatic carbocycles. The lowest BCUT2D eigenvalue weighted by molar-refractivity contribution is 0.0975. The third-order valence-electron chi connectivity index (χ3n) is 3.43. The van der Waals surface area contributed by atoms with Gasteiger partial charge >= 0.3 is 0 Å². The minimum absolute atomic E-state index is 0.146. The number of aryl methyl sites for hydroxylation is 1. The first-order valence-corrected chi connectivity index (χ1v) is 7.35. The van der Waals surface area contributed by atoms with Gasteiger partial charge in [0, 0.05) is 18.3 Å². The number of rotatable bonds is 7. The van der Waals surface area contributed by atoms with Crippen molar-refractivity contribution < 1.29 is 4.79 Å². The number of unbranched alkanes of at least 4 members (excludes halogenated alkanes) is 3. The zero-order chi connectivity index (χ0) is 14.4. The second kappa shape index (κ2) is 7.04. The minimum atomic E-state index is 0.146. The van der Waals surface area contributed by atoms with E-state index in [0.717, 1.165) is 18.5 Å². The van der Waals surface area contributed by atoms with Crippen molar-refractivity contribution in [2.75, 3.05) is 0 Å². The van der Waals surface area contributed by atoms with Crippen molar-refractivity contribution in [2.24, 2.45) is 0 Å². The normalized spacial score (nSPS) is 10.7. The average Bonchev–Trinajstić information content (AvgIpc) is 2.93. The molecule has 0 saturated carbocycles. The molecule has 0 radical (unpaired) electrons. The van der Waals surface area contributed by atoms with Crippen LogP contribution in [0.3, 0.4) is 0 Å². The van der Waals surface area contributed by atoms with Crippen molar-refractivity contribution in [3.63, 3.8) is 0 Å². The zero-order valence-corrected chi connectivity index (χ0v) is 12.3. The summed E-state index contributed by atoms with van der Waals surface area (Å²) in [5.41, 5.74) is 2.81. The molecule has 1 heterocycles. The number of ketones is 1. The quantitative estimate of drug-likeness (QED) is 0.554. The van der Waals surface area contributed by atoms with Crippen LogP contribution in [-0.4, -0.2) is 15.3 Å². The molecule has 1 aromatic carbocycles. The molecule has 0 unspecified atom stereocenters. The molecule has 0 atom stereocenters. The summed E-state index contributed by atoms with van der Waals surface area (Å²) >= 11 is 0. The molecule has 0 aliphatic rings. The Balaban J connectivity index is 2.00. The van der Waals surface area contributed by atoms with E-state index in [1.165, 1.54) is 18.4 Å². The van der Waals surface area contributed by atoms with Gasteiger partial charge in [0.1, 0.15) is 12.0 Å². The van der Waals surface area contributed by atoms with Gasteiger partial charge in [-0.2, -0.15) is 0 Å². The third-order valence-corrected chi connectivity index (χ3v) is 3.43. The molecule has 0 N–H and O–H groups in total. The van der Waals surface area contributed by atoms with Crippen LogP contribution in [-0.2, 0) is 0 Å². The van der Waals surface area contributed by atoms with E-state index in [1.54, 1.807) is 6.33 Å². The Bertz CT molecular complexity index is 572. The van der Waals surface area contributed by atoms with Crippen molar-refractivity contribution in [2.45, 2.75) is 46.0 Å². The fourth-order valence-corrected chi connectivity index (χ4v) is 2.24. The van der Waals surface area contributed by atoms with Crippen LogP contribution in [0.1, 0.15) is 55.1 Å². The molecular weight excluding hydrogens is 248 g/mol. The SMILES string of the molecule is CCCCCCC(=O)c1cn(-c2cccc(C)c2)cn1. The van der Waals surface area contributed by atoms with E-state index in [9.17, 15) is 4.79 Å². The summed E-state index contributed by atoms with van der Waals surface area (Å²) in [7, 11) is 0. The van der Waals surface area contributed by atoms with Crippen molar-refractivity contribution >= 4 is 5.78 Å². The predicted octanol–water partition coefficient (Wildman–Crippen LogP) is 4.33. The summed E-state index contributed by atoms with van der Waals surface area (Å²) in [5, 5.41) is 0. The second-order valence-electron chi connectivity index (χ2n) is 5.24. The van der Waals surface area contributed by atoms with Gasteiger partial charge in [-0.1, -0.05) is 38.3 Å². The molecule has 3 nitrogen and oxygen atoms in total. The van der Waals surface area contributed by atoms with E-state index in [1.807, 2.05) is 22.9 Å². The summed E-state index contributed by atoms with van der Waals surface area (Å²) < 4.78 is 1.91. The highest BCUT2D eigenvalue weighted by molar-refractivity contribution is 5.94. The number of hydrogen-bond acceptors (Lipinski definition) is 2. The smallest absolute Gasteiger partial charge is 0.182 e. The molecule has 20 heavy (non-hydrogen) atoms. The molecule has 0 spiro atoms. The number of carbonyl (C=O) groups excluding carboxylic acids is 1. The van der Waals surface area contributed by atoms with Crippen LogP contribution in [0.2, 0.25) is 0 Å². The zero-order valence-electron chi connectivity index (χ0n) is 12.3. The van der Waals surface area contributed by atoms with Gasteiger partial charge in [-0.3, -0.25) is 4.79 Å².